The third-order valence-electron chi connectivity index (χ3n) is 2.79. The highest BCUT2D eigenvalue weighted by molar-refractivity contribution is 5.68. The summed E-state index contributed by atoms with van der Waals surface area (Å²) in [6.45, 7) is 1.85. The third-order valence-corrected chi connectivity index (χ3v) is 2.79. The van der Waals surface area contributed by atoms with Crippen LogP contribution in [0, 0.1) is 12.7 Å². The van der Waals surface area contributed by atoms with Crippen molar-refractivity contribution in [1.29, 1.82) is 0 Å². The average molecular weight is 257 g/mol. The zero-order chi connectivity index (χ0) is 13.4. The maximum atomic E-state index is 13.2. The Kier molecular flexibility index (Phi) is 2.59. The van der Waals surface area contributed by atoms with E-state index in [1.54, 1.807) is 18.3 Å². The van der Waals surface area contributed by atoms with E-state index in [0.717, 1.165) is 5.76 Å². The smallest absolute Gasteiger partial charge is 0.156 e. The van der Waals surface area contributed by atoms with Crippen molar-refractivity contribution in [3.8, 4) is 17.1 Å². The summed E-state index contributed by atoms with van der Waals surface area (Å²) < 4.78 is 20.2. The molecule has 3 aromatic rings. The topological polar surface area (TPSA) is 57.0 Å². The first-order valence-electron chi connectivity index (χ1n) is 5.81. The molecule has 0 aliphatic carbocycles. The number of furan rings is 1. The normalized spacial score (nSPS) is 10.8. The molecule has 0 spiro atoms. The Balaban J connectivity index is 2.06. The van der Waals surface area contributed by atoms with Crippen LogP contribution in [0.15, 0.2) is 47.0 Å². The average Bonchev–Trinajstić information content (AvgIpc) is 2.95. The van der Waals surface area contributed by atoms with Crippen molar-refractivity contribution in [2.75, 3.05) is 5.73 Å². The Morgan fingerprint density at radius 2 is 2.11 bits per heavy atom. The van der Waals surface area contributed by atoms with E-state index in [0.29, 0.717) is 22.8 Å². The SMILES string of the molecule is Cc1ccc(-c2nn(-c3cccc(F)c3)cc2N)o1. The van der Waals surface area contributed by atoms with Crippen LogP contribution in [0.4, 0.5) is 10.1 Å². The summed E-state index contributed by atoms with van der Waals surface area (Å²) in [4.78, 5) is 0. The molecule has 2 heterocycles. The molecule has 0 amide bonds. The molecule has 0 aliphatic rings. The lowest BCUT2D eigenvalue weighted by molar-refractivity contribution is 0.546. The van der Waals surface area contributed by atoms with Crippen LogP contribution < -0.4 is 5.73 Å². The van der Waals surface area contributed by atoms with Gasteiger partial charge < -0.3 is 10.2 Å². The van der Waals surface area contributed by atoms with Crippen molar-refractivity contribution in [3.63, 3.8) is 0 Å². The standard InChI is InChI=1S/C14H12FN3O/c1-9-5-6-13(19-9)14-12(16)8-18(17-14)11-4-2-3-10(15)7-11/h2-8H,16H2,1H3. The lowest BCUT2D eigenvalue weighted by Gasteiger charge is -2.00. The Morgan fingerprint density at radius 1 is 1.26 bits per heavy atom. The number of anilines is 1. The minimum Gasteiger partial charge on any atom is -0.460 e. The molecule has 5 heteroatoms. The van der Waals surface area contributed by atoms with Crippen molar-refractivity contribution in [1.82, 2.24) is 9.78 Å². The van der Waals surface area contributed by atoms with Crippen LogP contribution in [0.1, 0.15) is 5.76 Å². The number of nitrogens with zero attached hydrogens (tertiary/aromatic N) is 2. The van der Waals surface area contributed by atoms with E-state index in [4.69, 9.17) is 10.2 Å². The first-order chi connectivity index (χ1) is 9.13. The Bertz CT molecular complexity index is 730. The van der Waals surface area contributed by atoms with E-state index in [-0.39, 0.29) is 5.82 Å². The van der Waals surface area contributed by atoms with Crippen LogP contribution in [0.25, 0.3) is 17.1 Å². The fraction of sp³-hybridized carbons (Fsp3) is 0.0714. The molecule has 0 fully saturated rings. The third kappa shape index (κ3) is 2.10. The highest BCUT2D eigenvalue weighted by Gasteiger charge is 2.13. The fourth-order valence-electron chi connectivity index (χ4n) is 1.89. The first-order valence-corrected chi connectivity index (χ1v) is 5.81. The van der Waals surface area contributed by atoms with Gasteiger partial charge in [0, 0.05) is 0 Å². The number of nitrogens with two attached hydrogens (primary N) is 1. The second-order valence-electron chi connectivity index (χ2n) is 4.27. The van der Waals surface area contributed by atoms with Gasteiger partial charge in [-0.1, -0.05) is 6.07 Å². The number of rotatable bonds is 2. The summed E-state index contributed by atoms with van der Waals surface area (Å²) >= 11 is 0. The van der Waals surface area contributed by atoms with E-state index in [1.165, 1.54) is 16.8 Å². The van der Waals surface area contributed by atoms with Crippen LogP contribution in [0.2, 0.25) is 0 Å². The van der Waals surface area contributed by atoms with Crippen molar-refractivity contribution >= 4 is 5.69 Å². The van der Waals surface area contributed by atoms with Crippen LogP contribution in [-0.2, 0) is 0 Å². The van der Waals surface area contributed by atoms with E-state index < -0.39 is 0 Å². The van der Waals surface area contributed by atoms with Crippen LogP contribution >= 0.6 is 0 Å². The molecule has 0 atom stereocenters. The predicted octanol–water partition coefficient (Wildman–Crippen LogP) is 3.16. The molecule has 0 saturated carbocycles. The molecule has 3 rings (SSSR count). The van der Waals surface area contributed by atoms with Gasteiger partial charge in [-0.15, -0.1) is 0 Å². The second kappa shape index (κ2) is 4.28. The molecule has 0 bridgehead atoms. The van der Waals surface area contributed by atoms with Gasteiger partial charge in [0.15, 0.2) is 11.5 Å². The van der Waals surface area contributed by atoms with Gasteiger partial charge in [0.1, 0.15) is 11.6 Å². The minimum atomic E-state index is -0.318. The predicted molar refractivity (Wildman–Crippen MR) is 70.4 cm³/mol. The quantitative estimate of drug-likeness (QED) is 0.767. The van der Waals surface area contributed by atoms with Gasteiger partial charge in [0.2, 0.25) is 0 Å². The van der Waals surface area contributed by atoms with E-state index in [2.05, 4.69) is 5.10 Å². The number of halogens is 1. The van der Waals surface area contributed by atoms with E-state index >= 15 is 0 Å². The summed E-state index contributed by atoms with van der Waals surface area (Å²) in [6, 6.07) is 9.81. The van der Waals surface area contributed by atoms with Gasteiger partial charge in [-0.05, 0) is 37.3 Å². The molecule has 2 N–H and O–H groups in total. The maximum Gasteiger partial charge on any atom is 0.156 e. The van der Waals surface area contributed by atoms with Gasteiger partial charge >= 0.3 is 0 Å². The van der Waals surface area contributed by atoms with E-state index in [9.17, 15) is 4.39 Å². The van der Waals surface area contributed by atoms with Gasteiger partial charge in [-0.25, -0.2) is 9.07 Å². The highest BCUT2D eigenvalue weighted by atomic mass is 19.1. The summed E-state index contributed by atoms with van der Waals surface area (Å²) in [5.74, 6) is 1.07. The van der Waals surface area contributed by atoms with Crippen LogP contribution in [0.3, 0.4) is 0 Å². The number of nitrogen functional groups attached to an aromatic ring is 1. The largest absolute Gasteiger partial charge is 0.460 e. The molecular weight excluding hydrogens is 245 g/mol. The number of hydrogen-bond acceptors (Lipinski definition) is 3. The number of benzene rings is 1. The Hall–Kier alpha value is -2.56. The van der Waals surface area contributed by atoms with Crippen LogP contribution in [-0.4, -0.2) is 9.78 Å². The Labute approximate surface area is 109 Å². The molecule has 96 valence electrons. The number of aromatic nitrogens is 2. The fourth-order valence-corrected chi connectivity index (χ4v) is 1.89. The van der Waals surface area contributed by atoms with Crippen molar-refractivity contribution in [3.05, 3.63) is 54.2 Å². The molecule has 0 aliphatic heterocycles. The molecule has 19 heavy (non-hydrogen) atoms. The molecule has 0 saturated heterocycles. The zero-order valence-electron chi connectivity index (χ0n) is 10.3. The first kappa shape index (κ1) is 11.5. The Morgan fingerprint density at radius 3 is 2.79 bits per heavy atom. The number of aryl methyl sites for hydroxylation is 1. The van der Waals surface area contributed by atoms with Gasteiger partial charge in [0.05, 0.1) is 17.6 Å². The molecular formula is C14H12FN3O. The van der Waals surface area contributed by atoms with Crippen molar-refractivity contribution in [2.45, 2.75) is 6.92 Å². The minimum absolute atomic E-state index is 0.318. The summed E-state index contributed by atoms with van der Waals surface area (Å²) in [6.07, 6.45) is 1.64. The molecule has 4 nitrogen and oxygen atoms in total. The zero-order valence-corrected chi connectivity index (χ0v) is 10.3. The second-order valence-corrected chi connectivity index (χ2v) is 4.27. The molecule has 2 aromatic heterocycles. The maximum absolute atomic E-state index is 13.2. The number of hydrogen-bond donors (Lipinski definition) is 1. The lowest BCUT2D eigenvalue weighted by atomic mass is 10.3. The van der Waals surface area contributed by atoms with Gasteiger partial charge in [-0.2, -0.15) is 5.10 Å². The van der Waals surface area contributed by atoms with Crippen LogP contribution in [0.5, 0.6) is 0 Å². The summed E-state index contributed by atoms with van der Waals surface area (Å²) in [5.41, 5.74) is 7.57. The highest BCUT2D eigenvalue weighted by Crippen LogP contribution is 2.27. The van der Waals surface area contributed by atoms with Gasteiger partial charge in [0.25, 0.3) is 0 Å². The molecule has 0 radical (unpaired) electrons. The summed E-state index contributed by atoms with van der Waals surface area (Å²) in [7, 11) is 0. The molecule has 0 unspecified atom stereocenters. The van der Waals surface area contributed by atoms with Gasteiger partial charge in [-0.3, -0.25) is 0 Å². The van der Waals surface area contributed by atoms with Crippen molar-refractivity contribution in [2.24, 2.45) is 0 Å². The lowest BCUT2D eigenvalue weighted by Crippen LogP contribution is -1.95. The van der Waals surface area contributed by atoms with Crippen molar-refractivity contribution < 1.29 is 8.81 Å². The van der Waals surface area contributed by atoms with E-state index in [1.807, 2.05) is 19.1 Å². The monoisotopic (exact) mass is 257 g/mol. The molecule has 1 aromatic carbocycles. The summed E-state index contributed by atoms with van der Waals surface area (Å²) in [5, 5.41) is 4.34.